The van der Waals surface area contributed by atoms with E-state index >= 15 is 0 Å². The summed E-state index contributed by atoms with van der Waals surface area (Å²) in [5.74, 6) is 2.07. The monoisotopic (exact) mass is 410 g/mol. The number of hydrogen-bond acceptors (Lipinski definition) is 4. The average molecular weight is 411 g/mol. The highest BCUT2D eigenvalue weighted by atomic mass is 32.2. The van der Waals surface area contributed by atoms with E-state index < -0.39 is 10.0 Å². The van der Waals surface area contributed by atoms with Crippen LogP contribution in [0.2, 0.25) is 0 Å². The zero-order chi connectivity index (χ0) is 19.1. The Morgan fingerprint density at radius 3 is 2.56 bits per heavy atom. The van der Waals surface area contributed by atoms with Gasteiger partial charge in [0.2, 0.25) is 10.0 Å². The molecule has 2 fully saturated rings. The topological polar surface area (TPSA) is 73.8 Å². The smallest absolute Gasteiger partial charge is 0.243 e. The molecule has 2 heterocycles. The van der Waals surface area contributed by atoms with Crippen molar-refractivity contribution in [3.63, 3.8) is 0 Å². The molecular weight excluding hydrogens is 380 g/mol. The van der Waals surface area contributed by atoms with Crippen LogP contribution in [0.25, 0.3) is 0 Å². The van der Waals surface area contributed by atoms with Gasteiger partial charge in [-0.3, -0.25) is 0 Å². The van der Waals surface area contributed by atoms with E-state index in [9.17, 15) is 8.42 Å². The van der Waals surface area contributed by atoms with Crippen molar-refractivity contribution in [2.75, 3.05) is 31.9 Å². The van der Waals surface area contributed by atoms with Crippen LogP contribution in [0.1, 0.15) is 38.2 Å². The maximum atomic E-state index is 12.6. The Hall–Kier alpha value is -1.25. The minimum absolute atomic E-state index is 0.375. The van der Waals surface area contributed by atoms with Crippen LogP contribution in [0, 0.1) is 0 Å². The molecule has 6 nitrogen and oxygen atoms in total. The number of nitrogens with zero attached hydrogens (tertiary/aromatic N) is 2. The SMILES string of the molecule is CCNC(=NCc1ccc(S(=O)(=O)N2CCCC2)cc1)NCC1CCCS1. The predicted molar refractivity (Wildman–Crippen MR) is 113 cm³/mol. The molecule has 2 N–H and O–H groups in total. The van der Waals surface area contributed by atoms with Crippen LogP contribution in [-0.4, -0.2) is 55.9 Å². The Labute approximate surface area is 167 Å². The minimum atomic E-state index is -3.34. The Morgan fingerprint density at radius 2 is 1.93 bits per heavy atom. The second kappa shape index (κ2) is 9.80. The summed E-state index contributed by atoms with van der Waals surface area (Å²) < 4.78 is 26.7. The lowest BCUT2D eigenvalue weighted by Gasteiger charge is -2.16. The van der Waals surface area contributed by atoms with E-state index in [0.29, 0.717) is 29.8 Å². The van der Waals surface area contributed by atoms with Crippen LogP contribution in [0.4, 0.5) is 0 Å². The van der Waals surface area contributed by atoms with Gasteiger partial charge in [0, 0.05) is 31.4 Å². The number of thioether (sulfide) groups is 1. The predicted octanol–water partition coefficient (Wildman–Crippen LogP) is 2.42. The highest BCUT2D eigenvalue weighted by molar-refractivity contribution is 8.00. The summed E-state index contributed by atoms with van der Waals surface area (Å²) in [5.41, 5.74) is 1.00. The maximum Gasteiger partial charge on any atom is 0.243 e. The van der Waals surface area contributed by atoms with Gasteiger partial charge in [-0.15, -0.1) is 0 Å². The summed E-state index contributed by atoms with van der Waals surface area (Å²) >= 11 is 2.02. The molecule has 0 radical (unpaired) electrons. The number of benzene rings is 1. The zero-order valence-corrected chi connectivity index (χ0v) is 17.6. The summed E-state index contributed by atoms with van der Waals surface area (Å²) in [6, 6.07) is 7.13. The standard InChI is InChI=1S/C19H30N4O2S2/c1-2-20-19(22-15-17-6-5-13-26-17)21-14-16-7-9-18(10-8-16)27(24,25)23-11-3-4-12-23/h7-10,17H,2-6,11-15H2,1H3,(H2,20,21,22). The zero-order valence-electron chi connectivity index (χ0n) is 16.0. The molecule has 2 aliphatic rings. The fourth-order valence-electron chi connectivity index (χ4n) is 3.37. The highest BCUT2D eigenvalue weighted by Gasteiger charge is 2.26. The van der Waals surface area contributed by atoms with Gasteiger partial charge >= 0.3 is 0 Å². The Balaban J connectivity index is 1.59. The van der Waals surface area contributed by atoms with Gasteiger partial charge < -0.3 is 10.6 Å². The molecular formula is C19H30N4O2S2. The third kappa shape index (κ3) is 5.62. The van der Waals surface area contributed by atoms with Gasteiger partial charge in [0.1, 0.15) is 0 Å². The van der Waals surface area contributed by atoms with Crippen molar-refractivity contribution in [1.82, 2.24) is 14.9 Å². The van der Waals surface area contributed by atoms with Crippen molar-refractivity contribution in [3.05, 3.63) is 29.8 Å². The van der Waals surface area contributed by atoms with Gasteiger partial charge in [0.05, 0.1) is 11.4 Å². The summed E-state index contributed by atoms with van der Waals surface area (Å²) in [6.07, 6.45) is 4.47. The molecule has 3 rings (SSSR count). The maximum absolute atomic E-state index is 12.6. The summed E-state index contributed by atoms with van der Waals surface area (Å²) in [5, 5.41) is 7.37. The first-order chi connectivity index (χ1) is 13.1. The molecule has 0 bridgehead atoms. The van der Waals surface area contributed by atoms with E-state index in [1.165, 1.54) is 18.6 Å². The van der Waals surface area contributed by atoms with E-state index in [1.54, 1.807) is 16.4 Å². The molecule has 1 aromatic rings. The second-order valence-corrected chi connectivity index (χ2v) is 10.3. The number of nitrogens with one attached hydrogen (secondary N) is 2. The van der Waals surface area contributed by atoms with Crippen molar-refractivity contribution < 1.29 is 8.42 Å². The van der Waals surface area contributed by atoms with Crippen LogP contribution in [0.15, 0.2) is 34.2 Å². The number of hydrogen-bond donors (Lipinski definition) is 2. The largest absolute Gasteiger partial charge is 0.357 e. The summed E-state index contributed by atoms with van der Waals surface area (Å²) in [7, 11) is -3.34. The molecule has 150 valence electrons. The van der Waals surface area contributed by atoms with Crippen LogP contribution in [-0.2, 0) is 16.6 Å². The number of aliphatic imine (C=N–C) groups is 1. The van der Waals surface area contributed by atoms with Crippen molar-refractivity contribution in [1.29, 1.82) is 0 Å². The van der Waals surface area contributed by atoms with Gasteiger partial charge in [-0.05, 0) is 56.1 Å². The molecule has 0 aliphatic carbocycles. The lowest BCUT2D eigenvalue weighted by atomic mass is 10.2. The second-order valence-electron chi connectivity index (χ2n) is 6.97. The van der Waals surface area contributed by atoms with E-state index in [-0.39, 0.29) is 0 Å². The Morgan fingerprint density at radius 1 is 1.19 bits per heavy atom. The average Bonchev–Trinajstić information content (AvgIpc) is 3.38. The van der Waals surface area contributed by atoms with E-state index in [2.05, 4.69) is 22.5 Å². The van der Waals surface area contributed by atoms with Gasteiger partial charge in [-0.1, -0.05) is 12.1 Å². The van der Waals surface area contributed by atoms with Crippen LogP contribution < -0.4 is 10.6 Å². The third-order valence-corrected chi connectivity index (χ3v) is 8.22. The van der Waals surface area contributed by atoms with Gasteiger partial charge in [-0.25, -0.2) is 13.4 Å². The molecule has 0 spiro atoms. The molecule has 1 unspecified atom stereocenters. The first-order valence-electron chi connectivity index (χ1n) is 9.82. The van der Waals surface area contributed by atoms with Crippen LogP contribution >= 0.6 is 11.8 Å². The van der Waals surface area contributed by atoms with Crippen LogP contribution in [0.5, 0.6) is 0 Å². The molecule has 0 amide bonds. The minimum Gasteiger partial charge on any atom is -0.357 e. The fraction of sp³-hybridized carbons (Fsp3) is 0.632. The normalized spacial score (nSPS) is 21.5. The lowest BCUT2D eigenvalue weighted by Crippen LogP contribution is -2.40. The third-order valence-electron chi connectivity index (χ3n) is 4.91. The van der Waals surface area contributed by atoms with Gasteiger partial charge in [-0.2, -0.15) is 16.1 Å². The van der Waals surface area contributed by atoms with Gasteiger partial charge in [0.15, 0.2) is 5.96 Å². The molecule has 1 atom stereocenters. The van der Waals surface area contributed by atoms with Crippen LogP contribution in [0.3, 0.4) is 0 Å². The quantitative estimate of drug-likeness (QED) is 0.533. The highest BCUT2D eigenvalue weighted by Crippen LogP contribution is 2.25. The Kier molecular flexibility index (Phi) is 7.43. The Bertz CT molecular complexity index is 723. The first-order valence-corrected chi connectivity index (χ1v) is 12.3. The first kappa shape index (κ1) is 20.5. The summed E-state index contributed by atoms with van der Waals surface area (Å²) in [6.45, 7) is 5.59. The molecule has 2 aliphatic heterocycles. The number of rotatable bonds is 7. The van der Waals surface area contributed by atoms with Crippen molar-refractivity contribution in [3.8, 4) is 0 Å². The fourth-order valence-corrected chi connectivity index (χ4v) is 6.09. The van der Waals surface area contributed by atoms with E-state index in [0.717, 1.165) is 37.5 Å². The molecule has 1 aromatic carbocycles. The summed E-state index contributed by atoms with van der Waals surface area (Å²) in [4.78, 5) is 5.01. The van der Waals surface area contributed by atoms with E-state index in [4.69, 9.17) is 0 Å². The molecule has 8 heteroatoms. The van der Waals surface area contributed by atoms with Crippen molar-refractivity contribution in [2.45, 2.75) is 49.3 Å². The van der Waals surface area contributed by atoms with Gasteiger partial charge in [0.25, 0.3) is 0 Å². The molecule has 2 saturated heterocycles. The van der Waals surface area contributed by atoms with Crippen molar-refractivity contribution in [2.24, 2.45) is 4.99 Å². The molecule has 0 aromatic heterocycles. The molecule has 27 heavy (non-hydrogen) atoms. The number of guanidine groups is 1. The lowest BCUT2D eigenvalue weighted by molar-refractivity contribution is 0.477. The van der Waals surface area contributed by atoms with Crippen molar-refractivity contribution >= 4 is 27.7 Å². The number of sulfonamides is 1. The van der Waals surface area contributed by atoms with E-state index in [1.807, 2.05) is 23.9 Å². The molecule has 0 saturated carbocycles.